The highest BCUT2D eigenvalue weighted by molar-refractivity contribution is 9.10. The van der Waals surface area contributed by atoms with E-state index in [-0.39, 0.29) is 0 Å². The lowest BCUT2D eigenvalue weighted by Crippen LogP contribution is -1.96. The van der Waals surface area contributed by atoms with Crippen LogP contribution >= 0.6 is 15.9 Å². The van der Waals surface area contributed by atoms with E-state index in [9.17, 15) is 0 Å². The molecule has 0 aliphatic carbocycles. The maximum absolute atomic E-state index is 4.09. The first-order valence-electron chi connectivity index (χ1n) is 4.37. The lowest BCUT2D eigenvalue weighted by atomic mass is 10.2. The molecule has 0 saturated carbocycles. The molecule has 4 heteroatoms. The second-order valence-corrected chi connectivity index (χ2v) is 3.50. The predicted octanol–water partition coefficient (Wildman–Crippen LogP) is 2.40. The van der Waals surface area contributed by atoms with Crippen molar-refractivity contribution in [2.75, 3.05) is 0 Å². The molecule has 0 fully saturated rings. The minimum atomic E-state index is 0.875. The predicted molar refractivity (Wildman–Crippen MR) is 52.0 cm³/mol. The molecule has 0 N–H and O–H groups in total. The SMILES string of the molecule is CCCCc1nnn(CC)c1Br. The smallest absolute Gasteiger partial charge is 0.127 e. The zero-order valence-electron chi connectivity index (χ0n) is 7.55. The van der Waals surface area contributed by atoms with Crippen molar-refractivity contribution in [2.24, 2.45) is 0 Å². The van der Waals surface area contributed by atoms with Crippen LogP contribution in [0.3, 0.4) is 0 Å². The lowest BCUT2D eigenvalue weighted by Gasteiger charge is -1.96. The molecule has 1 aromatic heterocycles. The van der Waals surface area contributed by atoms with Gasteiger partial charge in [-0.3, -0.25) is 0 Å². The van der Waals surface area contributed by atoms with E-state index in [4.69, 9.17) is 0 Å². The molecule has 12 heavy (non-hydrogen) atoms. The molecule has 0 saturated heterocycles. The standard InChI is InChI=1S/C8H14BrN3/c1-3-5-6-7-8(9)12(4-2)11-10-7/h3-6H2,1-2H3. The van der Waals surface area contributed by atoms with Crippen LogP contribution in [-0.4, -0.2) is 15.0 Å². The van der Waals surface area contributed by atoms with Gasteiger partial charge in [0.05, 0.1) is 5.69 Å². The number of unbranched alkanes of at least 4 members (excludes halogenated alkanes) is 1. The number of nitrogens with zero attached hydrogens (tertiary/aromatic N) is 3. The Morgan fingerprint density at radius 1 is 1.42 bits per heavy atom. The fourth-order valence-electron chi connectivity index (χ4n) is 1.04. The summed E-state index contributed by atoms with van der Waals surface area (Å²) in [6, 6.07) is 0. The van der Waals surface area contributed by atoms with Gasteiger partial charge in [0.25, 0.3) is 0 Å². The number of aromatic nitrogens is 3. The first-order valence-corrected chi connectivity index (χ1v) is 5.16. The van der Waals surface area contributed by atoms with E-state index in [1.807, 2.05) is 4.68 Å². The molecule has 0 spiro atoms. The van der Waals surface area contributed by atoms with Crippen LogP contribution in [-0.2, 0) is 13.0 Å². The van der Waals surface area contributed by atoms with Crippen LogP contribution in [0, 0.1) is 0 Å². The summed E-state index contributed by atoms with van der Waals surface area (Å²) in [4.78, 5) is 0. The number of hydrogen-bond donors (Lipinski definition) is 0. The molecule has 0 aromatic carbocycles. The fourth-order valence-corrected chi connectivity index (χ4v) is 1.64. The maximum atomic E-state index is 4.09. The third-order valence-corrected chi connectivity index (χ3v) is 2.67. The molecule has 0 amide bonds. The van der Waals surface area contributed by atoms with Gasteiger partial charge in [0, 0.05) is 6.54 Å². The normalized spacial score (nSPS) is 10.6. The summed E-state index contributed by atoms with van der Waals surface area (Å²) in [5.41, 5.74) is 1.08. The quantitative estimate of drug-likeness (QED) is 0.797. The van der Waals surface area contributed by atoms with Gasteiger partial charge in [0.1, 0.15) is 4.60 Å². The minimum Gasteiger partial charge on any atom is -0.238 e. The van der Waals surface area contributed by atoms with Crippen LogP contribution in [0.15, 0.2) is 4.60 Å². The molecule has 3 nitrogen and oxygen atoms in total. The summed E-state index contributed by atoms with van der Waals surface area (Å²) in [6.07, 6.45) is 3.41. The van der Waals surface area contributed by atoms with Gasteiger partial charge in [-0.2, -0.15) is 0 Å². The zero-order chi connectivity index (χ0) is 8.97. The topological polar surface area (TPSA) is 30.7 Å². The van der Waals surface area contributed by atoms with Crippen molar-refractivity contribution in [1.82, 2.24) is 15.0 Å². The van der Waals surface area contributed by atoms with E-state index in [1.54, 1.807) is 0 Å². The van der Waals surface area contributed by atoms with Gasteiger partial charge in [-0.1, -0.05) is 18.6 Å². The van der Waals surface area contributed by atoms with Crippen molar-refractivity contribution in [2.45, 2.75) is 39.7 Å². The van der Waals surface area contributed by atoms with Gasteiger partial charge in [-0.15, -0.1) is 5.10 Å². The van der Waals surface area contributed by atoms with Crippen LogP contribution in [0.2, 0.25) is 0 Å². The molecule has 0 aliphatic heterocycles. The molecule has 1 heterocycles. The number of hydrogen-bond acceptors (Lipinski definition) is 2. The van der Waals surface area contributed by atoms with Crippen LogP contribution in [0.5, 0.6) is 0 Å². The van der Waals surface area contributed by atoms with Gasteiger partial charge < -0.3 is 0 Å². The Kier molecular flexibility index (Phi) is 3.72. The number of halogens is 1. The third kappa shape index (κ3) is 2.06. The second kappa shape index (κ2) is 4.60. The molecule has 0 bridgehead atoms. The van der Waals surface area contributed by atoms with Gasteiger partial charge in [-0.05, 0) is 35.7 Å². The van der Waals surface area contributed by atoms with E-state index in [0.717, 1.165) is 23.3 Å². The van der Waals surface area contributed by atoms with E-state index in [2.05, 4.69) is 40.1 Å². The average molecular weight is 232 g/mol. The number of rotatable bonds is 4. The Hall–Kier alpha value is -0.380. The molecule has 0 atom stereocenters. The Bertz CT molecular complexity index is 244. The summed E-state index contributed by atoms with van der Waals surface area (Å²) >= 11 is 3.48. The van der Waals surface area contributed by atoms with Crippen molar-refractivity contribution in [1.29, 1.82) is 0 Å². The largest absolute Gasteiger partial charge is 0.238 e. The lowest BCUT2D eigenvalue weighted by molar-refractivity contribution is 0.615. The highest BCUT2D eigenvalue weighted by Crippen LogP contribution is 2.15. The van der Waals surface area contributed by atoms with Gasteiger partial charge in [-0.25, -0.2) is 4.68 Å². The van der Waals surface area contributed by atoms with Crippen molar-refractivity contribution in [3.8, 4) is 0 Å². The van der Waals surface area contributed by atoms with E-state index in [1.165, 1.54) is 12.8 Å². The second-order valence-electron chi connectivity index (χ2n) is 2.75. The Labute approximate surface area is 81.3 Å². The highest BCUT2D eigenvalue weighted by atomic mass is 79.9. The molecule has 1 aromatic rings. The van der Waals surface area contributed by atoms with Crippen LogP contribution in [0.25, 0.3) is 0 Å². The van der Waals surface area contributed by atoms with Crippen molar-refractivity contribution < 1.29 is 0 Å². The van der Waals surface area contributed by atoms with Gasteiger partial charge in [0.2, 0.25) is 0 Å². The van der Waals surface area contributed by atoms with Crippen LogP contribution in [0.1, 0.15) is 32.4 Å². The molecular weight excluding hydrogens is 218 g/mol. The summed E-state index contributed by atoms with van der Waals surface area (Å²) in [6.45, 7) is 5.11. The van der Waals surface area contributed by atoms with Crippen LogP contribution < -0.4 is 0 Å². The third-order valence-electron chi connectivity index (χ3n) is 1.80. The average Bonchev–Trinajstić information content (AvgIpc) is 2.43. The first-order chi connectivity index (χ1) is 5.79. The van der Waals surface area contributed by atoms with E-state index in [0.29, 0.717) is 0 Å². The molecule has 0 aliphatic rings. The Morgan fingerprint density at radius 3 is 2.67 bits per heavy atom. The minimum absolute atomic E-state index is 0.875. The first kappa shape index (κ1) is 9.71. The van der Waals surface area contributed by atoms with Crippen LogP contribution in [0.4, 0.5) is 0 Å². The summed E-state index contributed by atoms with van der Waals surface area (Å²) < 4.78 is 2.91. The Morgan fingerprint density at radius 2 is 2.17 bits per heavy atom. The molecule has 0 radical (unpaired) electrons. The van der Waals surface area contributed by atoms with E-state index >= 15 is 0 Å². The molecule has 68 valence electrons. The van der Waals surface area contributed by atoms with Crippen molar-refractivity contribution >= 4 is 15.9 Å². The number of aryl methyl sites for hydroxylation is 2. The van der Waals surface area contributed by atoms with Gasteiger partial charge in [0.15, 0.2) is 0 Å². The van der Waals surface area contributed by atoms with Crippen molar-refractivity contribution in [3.05, 3.63) is 10.3 Å². The van der Waals surface area contributed by atoms with E-state index < -0.39 is 0 Å². The molecular formula is C8H14BrN3. The highest BCUT2D eigenvalue weighted by Gasteiger charge is 2.06. The summed E-state index contributed by atoms with van der Waals surface area (Å²) in [5, 5.41) is 8.10. The molecule has 0 unspecified atom stereocenters. The fraction of sp³-hybridized carbons (Fsp3) is 0.750. The summed E-state index contributed by atoms with van der Waals surface area (Å²) in [5.74, 6) is 0. The van der Waals surface area contributed by atoms with Gasteiger partial charge >= 0.3 is 0 Å². The Balaban J connectivity index is 2.66. The monoisotopic (exact) mass is 231 g/mol. The summed E-state index contributed by atoms with van der Waals surface area (Å²) in [7, 11) is 0. The van der Waals surface area contributed by atoms with Crippen molar-refractivity contribution in [3.63, 3.8) is 0 Å². The maximum Gasteiger partial charge on any atom is 0.127 e. The molecule has 1 rings (SSSR count). The zero-order valence-corrected chi connectivity index (χ0v) is 9.13.